The number of nitrogens with two attached hydrogens (primary N) is 1. The number of aromatic nitrogens is 4. The lowest BCUT2D eigenvalue weighted by molar-refractivity contribution is 0.100. The number of carbonyl (C=O) groups is 1. The third-order valence-electron chi connectivity index (χ3n) is 5.34. The third kappa shape index (κ3) is 2.96. The lowest BCUT2D eigenvalue weighted by Gasteiger charge is -2.12. The van der Waals surface area contributed by atoms with Gasteiger partial charge in [0.1, 0.15) is 28.9 Å². The van der Waals surface area contributed by atoms with Gasteiger partial charge in [-0.3, -0.25) is 14.3 Å². The van der Waals surface area contributed by atoms with Crippen LogP contribution >= 0.6 is 0 Å². The lowest BCUT2D eigenvalue weighted by Crippen LogP contribution is -2.12. The van der Waals surface area contributed by atoms with Crippen LogP contribution in [0.5, 0.6) is 0 Å². The summed E-state index contributed by atoms with van der Waals surface area (Å²) in [5.74, 6) is -0.490. The van der Waals surface area contributed by atoms with Crippen molar-refractivity contribution in [3.63, 3.8) is 0 Å². The maximum Gasteiger partial charge on any atom is 0.250 e. The zero-order valence-corrected chi connectivity index (χ0v) is 16.9. The number of aryl methyl sites for hydroxylation is 1. The van der Waals surface area contributed by atoms with Crippen LogP contribution in [-0.2, 0) is 0 Å². The number of carbonyl (C=O) groups excluding carboxylic acids is 1. The van der Waals surface area contributed by atoms with Crippen molar-refractivity contribution < 1.29 is 9.18 Å². The number of hydrogen-bond donors (Lipinski definition) is 1. The molecule has 0 aliphatic heterocycles. The second kappa shape index (κ2) is 7.25. The third-order valence-corrected chi connectivity index (χ3v) is 5.34. The predicted octanol–water partition coefficient (Wildman–Crippen LogP) is 4.05. The fourth-order valence-electron chi connectivity index (χ4n) is 3.95. The summed E-state index contributed by atoms with van der Waals surface area (Å²) in [4.78, 5) is 25.1. The predicted molar refractivity (Wildman–Crippen MR) is 118 cm³/mol. The molecule has 0 bridgehead atoms. The summed E-state index contributed by atoms with van der Waals surface area (Å²) >= 11 is 0. The zero-order chi connectivity index (χ0) is 22.4. The van der Waals surface area contributed by atoms with E-state index in [1.807, 2.05) is 12.1 Å². The molecule has 0 aliphatic rings. The fourth-order valence-corrected chi connectivity index (χ4v) is 3.95. The van der Waals surface area contributed by atoms with Gasteiger partial charge in [-0.1, -0.05) is 6.07 Å². The van der Waals surface area contributed by atoms with Gasteiger partial charge in [-0.15, -0.1) is 0 Å². The summed E-state index contributed by atoms with van der Waals surface area (Å²) in [5, 5.41) is 9.55. The Morgan fingerprint density at radius 3 is 2.69 bits per heavy atom. The van der Waals surface area contributed by atoms with Crippen LogP contribution in [0.15, 0.2) is 60.9 Å². The van der Waals surface area contributed by atoms with Crippen molar-refractivity contribution >= 4 is 27.8 Å². The van der Waals surface area contributed by atoms with E-state index in [0.29, 0.717) is 44.6 Å². The Hall–Kier alpha value is -4.64. The summed E-state index contributed by atoms with van der Waals surface area (Å²) in [6.45, 7) is 1.78. The summed E-state index contributed by atoms with van der Waals surface area (Å²) < 4.78 is 16.6. The minimum atomic E-state index is -0.637. The second-order valence-electron chi connectivity index (χ2n) is 7.26. The standard InChI is InChI=1S/C24H15FN6O/c1-13-30-23-17(24(27)32)10-15(14-5-7-28-16(9-14)12-26)11-21(23)31(13)20-6-8-29-19-4-2-3-18(25)22(19)20/h2-11H,1H3,(H2,27,32). The van der Waals surface area contributed by atoms with Crippen molar-refractivity contribution in [1.82, 2.24) is 19.5 Å². The normalized spacial score (nSPS) is 11.0. The Balaban J connectivity index is 1.88. The number of halogens is 1. The number of benzene rings is 2. The minimum Gasteiger partial charge on any atom is -0.366 e. The topological polar surface area (TPSA) is 110 Å². The van der Waals surface area contributed by atoms with Gasteiger partial charge in [0.15, 0.2) is 0 Å². The number of fused-ring (bicyclic) bond motifs is 2. The molecule has 0 atom stereocenters. The molecule has 3 heterocycles. The molecule has 32 heavy (non-hydrogen) atoms. The van der Waals surface area contributed by atoms with E-state index in [0.717, 1.165) is 0 Å². The largest absolute Gasteiger partial charge is 0.366 e. The molecule has 3 aromatic heterocycles. The summed E-state index contributed by atoms with van der Waals surface area (Å²) in [5.41, 5.74) is 9.54. The van der Waals surface area contributed by atoms with Crippen molar-refractivity contribution in [3.05, 3.63) is 83.8 Å². The van der Waals surface area contributed by atoms with Crippen LogP contribution in [0.3, 0.4) is 0 Å². The Bertz CT molecular complexity index is 1590. The Morgan fingerprint density at radius 2 is 1.91 bits per heavy atom. The molecule has 7 nitrogen and oxygen atoms in total. The van der Waals surface area contributed by atoms with Crippen LogP contribution in [0.2, 0.25) is 0 Å². The molecule has 154 valence electrons. The molecule has 0 spiro atoms. The lowest BCUT2D eigenvalue weighted by atomic mass is 10.0. The molecule has 2 N–H and O–H groups in total. The molecule has 5 aromatic rings. The van der Waals surface area contributed by atoms with E-state index in [1.54, 1.807) is 54.1 Å². The van der Waals surface area contributed by atoms with Crippen molar-refractivity contribution in [1.29, 1.82) is 5.26 Å². The SMILES string of the molecule is Cc1nc2c(C(N)=O)cc(-c3ccnc(C#N)c3)cc2n1-c1ccnc2cccc(F)c12. The molecule has 0 aliphatic carbocycles. The first-order valence-corrected chi connectivity index (χ1v) is 9.71. The van der Waals surface area contributed by atoms with Crippen molar-refractivity contribution in [2.45, 2.75) is 6.92 Å². The molecule has 0 saturated carbocycles. The van der Waals surface area contributed by atoms with Crippen LogP contribution < -0.4 is 5.73 Å². The van der Waals surface area contributed by atoms with Gasteiger partial charge in [0.05, 0.1) is 27.7 Å². The number of nitriles is 1. The smallest absolute Gasteiger partial charge is 0.250 e. The highest BCUT2D eigenvalue weighted by atomic mass is 19.1. The van der Waals surface area contributed by atoms with Crippen molar-refractivity contribution in [3.8, 4) is 22.9 Å². The summed E-state index contributed by atoms with van der Waals surface area (Å²) in [7, 11) is 0. The highest BCUT2D eigenvalue weighted by Gasteiger charge is 2.20. The molecule has 8 heteroatoms. The number of pyridine rings is 2. The minimum absolute atomic E-state index is 0.230. The first kappa shape index (κ1) is 19.3. The second-order valence-corrected chi connectivity index (χ2v) is 7.26. The molecule has 0 saturated heterocycles. The number of amides is 1. The molecule has 2 aromatic carbocycles. The maximum absolute atomic E-state index is 14.8. The average molecular weight is 422 g/mol. The van der Waals surface area contributed by atoms with Gasteiger partial charge >= 0.3 is 0 Å². The van der Waals surface area contributed by atoms with E-state index in [9.17, 15) is 14.4 Å². The average Bonchev–Trinajstić information content (AvgIpc) is 3.13. The van der Waals surface area contributed by atoms with E-state index in [2.05, 4.69) is 15.0 Å². The fraction of sp³-hybridized carbons (Fsp3) is 0.0417. The number of primary amides is 1. The van der Waals surface area contributed by atoms with Gasteiger partial charge in [0.2, 0.25) is 0 Å². The van der Waals surface area contributed by atoms with Crippen molar-refractivity contribution in [2.75, 3.05) is 0 Å². The van der Waals surface area contributed by atoms with E-state index < -0.39 is 11.7 Å². The molecule has 0 fully saturated rings. The van der Waals surface area contributed by atoms with Gasteiger partial charge in [-0.25, -0.2) is 14.4 Å². The van der Waals surface area contributed by atoms with Gasteiger partial charge in [-0.05, 0) is 60.5 Å². The maximum atomic E-state index is 14.8. The Kier molecular flexibility index (Phi) is 4.38. The molecular weight excluding hydrogens is 407 g/mol. The Labute approximate surface area is 181 Å². The molecule has 5 rings (SSSR count). The monoisotopic (exact) mass is 422 g/mol. The van der Waals surface area contributed by atoms with E-state index in [-0.39, 0.29) is 11.3 Å². The number of imidazole rings is 1. The number of rotatable bonds is 3. The van der Waals surface area contributed by atoms with E-state index >= 15 is 0 Å². The van der Waals surface area contributed by atoms with Crippen LogP contribution in [0, 0.1) is 24.1 Å². The van der Waals surface area contributed by atoms with Crippen LogP contribution in [0.25, 0.3) is 38.8 Å². The zero-order valence-electron chi connectivity index (χ0n) is 16.9. The van der Waals surface area contributed by atoms with Crippen LogP contribution in [0.4, 0.5) is 4.39 Å². The van der Waals surface area contributed by atoms with E-state index in [4.69, 9.17) is 5.73 Å². The van der Waals surface area contributed by atoms with E-state index in [1.165, 1.54) is 12.3 Å². The summed E-state index contributed by atoms with van der Waals surface area (Å²) in [6.07, 6.45) is 3.12. The molecule has 1 amide bonds. The quantitative estimate of drug-likeness (QED) is 0.471. The van der Waals surface area contributed by atoms with Crippen LogP contribution in [-0.4, -0.2) is 25.4 Å². The first-order chi connectivity index (χ1) is 15.5. The molecular formula is C24H15FN6O. The van der Waals surface area contributed by atoms with Gasteiger partial charge in [0, 0.05) is 12.4 Å². The van der Waals surface area contributed by atoms with Crippen LogP contribution in [0.1, 0.15) is 21.9 Å². The Morgan fingerprint density at radius 1 is 1.09 bits per heavy atom. The number of nitrogens with zero attached hydrogens (tertiary/aromatic N) is 5. The number of hydrogen-bond acceptors (Lipinski definition) is 5. The van der Waals surface area contributed by atoms with Gasteiger partial charge in [-0.2, -0.15) is 5.26 Å². The molecule has 0 unspecified atom stereocenters. The highest BCUT2D eigenvalue weighted by molar-refractivity contribution is 6.07. The summed E-state index contributed by atoms with van der Waals surface area (Å²) in [6, 6.07) is 15.3. The van der Waals surface area contributed by atoms with Crippen molar-refractivity contribution in [2.24, 2.45) is 5.73 Å². The van der Waals surface area contributed by atoms with Gasteiger partial charge in [0.25, 0.3) is 5.91 Å². The molecule has 0 radical (unpaired) electrons. The van der Waals surface area contributed by atoms with Gasteiger partial charge < -0.3 is 5.73 Å². The highest BCUT2D eigenvalue weighted by Crippen LogP contribution is 2.33. The first-order valence-electron chi connectivity index (χ1n) is 9.71.